The molecule has 1 aromatic carbocycles. The molecule has 0 amide bonds. The average molecular weight is 227 g/mol. The number of hydrogen-bond donors (Lipinski definition) is 1. The van der Waals surface area contributed by atoms with Crippen molar-refractivity contribution in [2.45, 2.75) is 18.9 Å². The number of benzene rings is 1. The van der Waals surface area contributed by atoms with Crippen molar-refractivity contribution in [3.05, 3.63) is 35.4 Å². The van der Waals surface area contributed by atoms with Crippen molar-refractivity contribution in [2.24, 2.45) is 11.7 Å². The van der Waals surface area contributed by atoms with E-state index in [0.717, 1.165) is 31.6 Å². The fourth-order valence-corrected chi connectivity index (χ4v) is 2.07. The number of hydrogen-bond acceptors (Lipinski definition) is 2. The Bertz CT molecular complexity index is 364. The predicted octanol–water partition coefficient (Wildman–Crippen LogP) is 2.39. The van der Waals surface area contributed by atoms with Gasteiger partial charge in [0.15, 0.2) is 0 Å². The highest BCUT2D eigenvalue weighted by atomic mass is 19.1. The quantitative estimate of drug-likeness (QED) is 0.842. The highest BCUT2D eigenvalue weighted by Gasteiger charge is 2.24. The summed E-state index contributed by atoms with van der Waals surface area (Å²) in [6.45, 7) is 1.26. The summed E-state index contributed by atoms with van der Waals surface area (Å²) in [5.74, 6) is -0.826. The third-order valence-electron chi connectivity index (χ3n) is 3.02. The van der Waals surface area contributed by atoms with Gasteiger partial charge in [-0.25, -0.2) is 8.78 Å². The number of ether oxygens (including phenoxy) is 1. The number of rotatable bonds is 2. The van der Waals surface area contributed by atoms with Gasteiger partial charge in [0.1, 0.15) is 11.6 Å². The van der Waals surface area contributed by atoms with Crippen LogP contribution in [0.1, 0.15) is 24.4 Å². The van der Waals surface area contributed by atoms with Crippen molar-refractivity contribution in [2.75, 3.05) is 13.2 Å². The average Bonchev–Trinajstić information content (AvgIpc) is 2.32. The molecule has 0 bridgehead atoms. The van der Waals surface area contributed by atoms with Crippen molar-refractivity contribution in [1.29, 1.82) is 0 Å². The molecule has 0 spiro atoms. The van der Waals surface area contributed by atoms with Crippen molar-refractivity contribution in [1.82, 2.24) is 0 Å². The second kappa shape index (κ2) is 4.89. The summed E-state index contributed by atoms with van der Waals surface area (Å²) < 4.78 is 31.8. The lowest BCUT2D eigenvalue weighted by atomic mass is 9.89. The molecule has 2 atom stereocenters. The van der Waals surface area contributed by atoms with Gasteiger partial charge in [0, 0.05) is 24.1 Å². The van der Waals surface area contributed by atoms with Crippen molar-refractivity contribution < 1.29 is 13.5 Å². The maximum absolute atomic E-state index is 13.5. The van der Waals surface area contributed by atoms with Gasteiger partial charge in [-0.05, 0) is 31.0 Å². The van der Waals surface area contributed by atoms with E-state index in [1.807, 2.05) is 0 Å². The van der Waals surface area contributed by atoms with Crippen LogP contribution >= 0.6 is 0 Å². The molecule has 1 aliphatic rings. The molecule has 1 fully saturated rings. The maximum atomic E-state index is 13.5. The van der Waals surface area contributed by atoms with Gasteiger partial charge in [0.25, 0.3) is 0 Å². The molecule has 2 nitrogen and oxygen atoms in total. The molecule has 16 heavy (non-hydrogen) atoms. The van der Waals surface area contributed by atoms with E-state index in [-0.39, 0.29) is 11.5 Å². The zero-order valence-electron chi connectivity index (χ0n) is 8.96. The fourth-order valence-electron chi connectivity index (χ4n) is 2.07. The number of halogens is 2. The summed E-state index contributed by atoms with van der Waals surface area (Å²) in [6.07, 6.45) is 1.83. The van der Waals surface area contributed by atoms with E-state index in [1.54, 1.807) is 0 Å². The van der Waals surface area contributed by atoms with E-state index in [0.29, 0.717) is 6.61 Å². The van der Waals surface area contributed by atoms with Gasteiger partial charge in [0.05, 0.1) is 6.61 Å². The second-order valence-corrected chi connectivity index (χ2v) is 4.17. The monoisotopic (exact) mass is 227 g/mol. The van der Waals surface area contributed by atoms with E-state index in [9.17, 15) is 8.78 Å². The lowest BCUT2D eigenvalue weighted by molar-refractivity contribution is 0.0443. The molecule has 0 radical (unpaired) electrons. The number of nitrogens with two attached hydrogens (primary N) is 1. The molecule has 1 aliphatic heterocycles. The molecule has 1 heterocycles. The summed E-state index contributed by atoms with van der Waals surface area (Å²) >= 11 is 0. The third-order valence-corrected chi connectivity index (χ3v) is 3.02. The van der Waals surface area contributed by atoms with Crippen LogP contribution in [0.25, 0.3) is 0 Å². The van der Waals surface area contributed by atoms with Gasteiger partial charge in [-0.1, -0.05) is 0 Å². The Morgan fingerprint density at radius 2 is 2.19 bits per heavy atom. The standard InChI is InChI=1S/C12H15F2NO/c13-9-3-4-11(14)10(6-9)12(15)8-2-1-5-16-7-8/h3-4,6,8,12H,1-2,5,7,15H2. The lowest BCUT2D eigenvalue weighted by Crippen LogP contribution is -2.29. The summed E-state index contributed by atoms with van der Waals surface area (Å²) in [4.78, 5) is 0. The highest BCUT2D eigenvalue weighted by Crippen LogP contribution is 2.28. The van der Waals surface area contributed by atoms with Gasteiger partial charge in [-0.15, -0.1) is 0 Å². The topological polar surface area (TPSA) is 35.2 Å². The fraction of sp³-hybridized carbons (Fsp3) is 0.500. The lowest BCUT2D eigenvalue weighted by Gasteiger charge is -2.28. The Morgan fingerprint density at radius 1 is 1.38 bits per heavy atom. The highest BCUT2D eigenvalue weighted by molar-refractivity contribution is 5.22. The van der Waals surface area contributed by atoms with Crippen LogP contribution < -0.4 is 5.73 Å². The Hall–Kier alpha value is -1.00. The van der Waals surface area contributed by atoms with Crippen LogP contribution in [0.15, 0.2) is 18.2 Å². The minimum atomic E-state index is -0.490. The summed E-state index contributed by atoms with van der Waals surface area (Å²) in [6, 6.07) is 2.90. The smallest absolute Gasteiger partial charge is 0.128 e. The van der Waals surface area contributed by atoms with Crippen molar-refractivity contribution in [3.63, 3.8) is 0 Å². The maximum Gasteiger partial charge on any atom is 0.128 e. The zero-order valence-corrected chi connectivity index (χ0v) is 8.96. The Balaban J connectivity index is 2.18. The summed E-state index contributed by atoms with van der Waals surface area (Å²) in [7, 11) is 0. The van der Waals surface area contributed by atoms with E-state index in [2.05, 4.69) is 0 Å². The Labute approximate surface area is 93.4 Å². The zero-order chi connectivity index (χ0) is 11.5. The minimum Gasteiger partial charge on any atom is -0.381 e. The van der Waals surface area contributed by atoms with Gasteiger partial charge in [-0.3, -0.25) is 0 Å². The molecular formula is C12H15F2NO. The molecule has 2 unspecified atom stereocenters. The van der Waals surface area contributed by atoms with Crippen LogP contribution in [0.5, 0.6) is 0 Å². The second-order valence-electron chi connectivity index (χ2n) is 4.17. The molecule has 1 saturated heterocycles. The van der Waals surface area contributed by atoms with Gasteiger partial charge < -0.3 is 10.5 Å². The van der Waals surface area contributed by atoms with Crippen molar-refractivity contribution in [3.8, 4) is 0 Å². The first-order valence-corrected chi connectivity index (χ1v) is 5.47. The first-order valence-electron chi connectivity index (χ1n) is 5.47. The van der Waals surface area contributed by atoms with Crippen LogP contribution in [0.3, 0.4) is 0 Å². The molecular weight excluding hydrogens is 212 g/mol. The van der Waals surface area contributed by atoms with E-state index in [1.165, 1.54) is 6.07 Å². The van der Waals surface area contributed by atoms with Gasteiger partial charge >= 0.3 is 0 Å². The van der Waals surface area contributed by atoms with Crippen LogP contribution in [0.2, 0.25) is 0 Å². The molecule has 4 heteroatoms. The molecule has 88 valence electrons. The SMILES string of the molecule is NC(c1cc(F)ccc1F)C1CCCOC1. The van der Waals surface area contributed by atoms with E-state index < -0.39 is 17.7 Å². The van der Waals surface area contributed by atoms with Gasteiger partial charge in [0.2, 0.25) is 0 Å². The molecule has 1 aromatic rings. The third kappa shape index (κ3) is 2.39. The summed E-state index contributed by atoms with van der Waals surface area (Å²) in [5, 5.41) is 0. The molecule has 2 N–H and O–H groups in total. The Kier molecular flexibility index (Phi) is 3.51. The van der Waals surface area contributed by atoms with Crippen LogP contribution in [0, 0.1) is 17.6 Å². The molecule has 0 aromatic heterocycles. The normalized spacial score (nSPS) is 23.1. The summed E-state index contributed by atoms with van der Waals surface area (Å²) in [5.41, 5.74) is 6.20. The predicted molar refractivity (Wildman–Crippen MR) is 56.8 cm³/mol. The molecule has 2 rings (SSSR count). The first-order chi connectivity index (χ1) is 7.68. The largest absolute Gasteiger partial charge is 0.381 e. The first kappa shape index (κ1) is 11.5. The Morgan fingerprint density at radius 3 is 2.88 bits per heavy atom. The van der Waals surface area contributed by atoms with Crippen LogP contribution in [-0.4, -0.2) is 13.2 Å². The van der Waals surface area contributed by atoms with Crippen LogP contribution in [-0.2, 0) is 4.74 Å². The van der Waals surface area contributed by atoms with Gasteiger partial charge in [-0.2, -0.15) is 0 Å². The molecule has 0 aliphatic carbocycles. The van der Waals surface area contributed by atoms with E-state index in [4.69, 9.17) is 10.5 Å². The van der Waals surface area contributed by atoms with Crippen LogP contribution in [0.4, 0.5) is 8.78 Å². The minimum absolute atomic E-state index is 0.0741. The van der Waals surface area contributed by atoms with E-state index >= 15 is 0 Å². The molecule has 0 saturated carbocycles. The van der Waals surface area contributed by atoms with Crippen molar-refractivity contribution >= 4 is 0 Å².